The average Bonchev–Trinajstić information content (AvgIpc) is 3.04. The Kier molecular flexibility index (Phi) is 4.88. The normalized spacial score (nSPS) is 16.9. The largest absolute Gasteiger partial charge is 0.350 e. The molecular weight excluding hydrogens is 321 g/mol. The summed E-state index contributed by atoms with van der Waals surface area (Å²) in [7, 11) is 0. The highest BCUT2D eigenvalue weighted by molar-refractivity contribution is 5.95. The minimum Gasteiger partial charge on any atom is -0.350 e. The molecule has 0 radical (unpaired) electrons. The molecule has 0 spiro atoms. The molecule has 6 heteroatoms. The van der Waals surface area contributed by atoms with Crippen LogP contribution in [0.3, 0.4) is 0 Å². The van der Waals surface area contributed by atoms with Crippen LogP contribution in [0.25, 0.3) is 0 Å². The van der Waals surface area contributed by atoms with E-state index in [0.29, 0.717) is 24.7 Å². The summed E-state index contributed by atoms with van der Waals surface area (Å²) in [6, 6.07) is 9.38. The maximum Gasteiger partial charge on any atom is 0.270 e. The summed E-state index contributed by atoms with van der Waals surface area (Å²) in [6.45, 7) is 5.61. The van der Waals surface area contributed by atoms with Gasteiger partial charge in [-0.15, -0.1) is 0 Å². The fraction of sp³-hybridized carbons (Fsp3) is 0.368. The third-order valence-electron chi connectivity index (χ3n) is 4.34. The molecular formula is C19H22FN3O2. The van der Waals surface area contributed by atoms with Crippen LogP contribution in [0.15, 0.2) is 42.6 Å². The fourth-order valence-corrected chi connectivity index (χ4v) is 3.16. The molecule has 1 aliphatic heterocycles. The summed E-state index contributed by atoms with van der Waals surface area (Å²) in [4.78, 5) is 26.8. The van der Waals surface area contributed by atoms with Gasteiger partial charge in [0.05, 0.1) is 11.6 Å². The van der Waals surface area contributed by atoms with Crippen LogP contribution in [-0.4, -0.2) is 40.4 Å². The predicted molar refractivity (Wildman–Crippen MR) is 92.8 cm³/mol. The monoisotopic (exact) mass is 343 g/mol. The Labute approximate surface area is 146 Å². The molecule has 1 aromatic carbocycles. The SMILES string of the molecule is CC(C)CN1C(=O)c2cccn2CC1CNC(=O)c1ccccc1F. The molecule has 25 heavy (non-hydrogen) atoms. The van der Waals surface area contributed by atoms with Crippen molar-refractivity contribution in [2.24, 2.45) is 5.92 Å². The van der Waals surface area contributed by atoms with Crippen LogP contribution in [0.2, 0.25) is 0 Å². The number of aromatic nitrogens is 1. The lowest BCUT2D eigenvalue weighted by atomic mass is 10.1. The summed E-state index contributed by atoms with van der Waals surface area (Å²) >= 11 is 0. The van der Waals surface area contributed by atoms with Gasteiger partial charge in [-0.1, -0.05) is 26.0 Å². The number of fused-ring (bicyclic) bond motifs is 1. The maximum atomic E-state index is 13.7. The van der Waals surface area contributed by atoms with E-state index in [0.717, 1.165) is 0 Å². The number of hydrogen-bond acceptors (Lipinski definition) is 2. The number of nitrogens with one attached hydrogen (secondary N) is 1. The summed E-state index contributed by atoms with van der Waals surface area (Å²) in [5.41, 5.74) is 0.680. The van der Waals surface area contributed by atoms with E-state index in [9.17, 15) is 14.0 Å². The molecule has 1 N–H and O–H groups in total. The van der Waals surface area contributed by atoms with E-state index in [2.05, 4.69) is 19.2 Å². The Balaban J connectivity index is 1.74. The maximum absolute atomic E-state index is 13.7. The smallest absolute Gasteiger partial charge is 0.270 e. The standard InChI is InChI=1S/C19H22FN3O2/c1-13(2)11-23-14(12-22-9-5-8-17(22)19(23)25)10-21-18(24)15-6-3-4-7-16(15)20/h3-9,13-14H,10-12H2,1-2H3,(H,21,24). The number of rotatable bonds is 5. The predicted octanol–water partition coefficient (Wildman–Crippen LogP) is 2.54. The molecule has 5 nitrogen and oxygen atoms in total. The molecule has 2 heterocycles. The summed E-state index contributed by atoms with van der Waals surface area (Å²) in [6.07, 6.45) is 1.87. The highest BCUT2D eigenvalue weighted by Crippen LogP contribution is 2.19. The number of amides is 2. The zero-order valence-electron chi connectivity index (χ0n) is 14.4. The van der Waals surface area contributed by atoms with E-state index in [1.165, 1.54) is 12.1 Å². The first kappa shape index (κ1) is 17.2. The molecule has 0 saturated carbocycles. The molecule has 0 fully saturated rings. The minimum absolute atomic E-state index is 0.0155. The van der Waals surface area contributed by atoms with Gasteiger partial charge in [0.2, 0.25) is 0 Å². The first-order chi connectivity index (χ1) is 12.0. The van der Waals surface area contributed by atoms with Crippen molar-refractivity contribution in [3.8, 4) is 0 Å². The number of halogens is 1. The van der Waals surface area contributed by atoms with Crippen molar-refractivity contribution in [1.82, 2.24) is 14.8 Å². The lowest BCUT2D eigenvalue weighted by Crippen LogP contribution is -2.53. The average molecular weight is 343 g/mol. The highest BCUT2D eigenvalue weighted by Gasteiger charge is 2.32. The molecule has 2 amide bonds. The minimum atomic E-state index is -0.550. The highest BCUT2D eigenvalue weighted by atomic mass is 19.1. The van der Waals surface area contributed by atoms with Crippen LogP contribution in [0.5, 0.6) is 0 Å². The Morgan fingerprint density at radius 2 is 2.04 bits per heavy atom. The van der Waals surface area contributed by atoms with E-state index < -0.39 is 11.7 Å². The quantitative estimate of drug-likeness (QED) is 0.907. The van der Waals surface area contributed by atoms with Gasteiger partial charge in [0.15, 0.2) is 0 Å². The second-order valence-electron chi connectivity index (χ2n) is 6.74. The summed E-state index contributed by atoms with van der Waals surface area (Å²) in [5, 5.41) is 2.77. The van der Waals surface area contributed by atoms with E-state index in [1.54, 1.807) is 12.1 Å². The lowest BCUT2D eigenvalue weighted by Gasteiger charge is -2.37. The molecule has 1 aromatic heterocycles. The van der Waals surface area contributed by atoms with Crippen molar-refractivity contribution in [3.05, 3.63) is 59.7 Å². The lowest BCUT2D eigenvalue weighted by molar-refractivity contribution is 0.0553. The summed E-state index contributed by atoms with van der Waals surface area (Å²) in [5.74, 6) is -0.731. The van der Waals surface area contributed by atoms with Crippen molar-refractivity contribution in [2.75, 3.05) is 13.1 Å². The summed E-state index contributed by atoms with van der Waals surface area (Å²) < 4.78 is 15.6. The van der Waals surface area contributed by atoms with Gasteiger partial charge in [0.1, 0.15) is 11.5 Å². The van der Waals surface area contributed by atoms with Crippen molar-refractivity contribution < 1.29 is 14.0 Å². The molecule has 0 saturated heterocycles. The zero-order valence-corrected chi connectivity index (χ0v) is 14.4. The van der Waals surface area contributed by atoms with Crippen molar-refractivity contribution in [2.45, 2.75) is 26.4 Å². The molecule has 132 valence electrons. The first-order valence-corrected chi connectivity index (χ1v) is 8.46. The molecule has 2 aromatic rings. The van der Waals surface area contributed by atoms with Crippen LogP contribution in [-0.2, 0) is 6.54 Å². The second-order valence-corrected chi connectivity index (χ2v) is 6.74. The van der Waals surface area contributed by atoms with Gasteiger partial charge in [-0.25, -0.2) is 4.39 Å². The molecule has 0 aliphatic carbocycles. The molecule has 3 rings (SSSR count). The van der Waals surface area contributed by atoms with Gasteiger partial charge < -0.3 is 14.8 Å². The van der Waals surface area contributed by atoms with E-state index in [-0.39, 0.29) is 24.1 Å². The Hall–Kier alpha value is -2.63. The number of nitrogens with zero attached hydrogens (tertiary/aromatic N) is 2. The Morgan fingerprint density at radius 3 is 2.76 bits per heavy atom. The van der Waals surface area contributed by atoms with Gasteiger partial charge in [-0.3, -0.25) is 9.59 Å². The first-order valence-electron chi connectivity index (χ1n) is 8.46. The number of hydrogen-bond donors (Lipinski definition) is 1. The van der Waals surface area contributed by atoms with Crippen molar-refractivity contribution in [3.63, 3.8) is 0 Å². The molecule has 1 aliphatic rings. The third-order valence-corrected chi connectivity index (χ3v) is 4.34. The van der Waals surface area contributed by atoms with E-state index >= 15 is 0 Å². The van der Waals surface area contributed by atoms with E-state index in [1.807, 2.05) is 27.8 Å². The van der Waals surface area contributed by atoms with Crippen molar-refractivity contribution in [1.29, 1.82) is 0 Å². The third kappa shape index (κ3) is 3.57. The topological polar surface area (TPSA) is 54.3 Å². The zero-order chi connectivity index (χ0) is 18.0. The van der Waals surface area contributed by atoms with Crippen LogP contribution in [0, 0.1) is 11.7 Å². The van der Waals surface area contributed by atoms with Crippen molar-refractivity contribution >= 4 is 11.8 Å². The van der Waals surface area contributed by atoms with Crippen LogP contribution >= 0.6 is 0 Å². The Bertz CT molecular complexity index is 784. The van der Waals surface area contributed by atoms with Gasteiger partial charge in [-0.05, 0) is 30.2 Å². The van der Waals surface area contributed by atoms with Gasteiger partial charge >= 0.3 is 0 Å². The van der Waals surface area contributed by atoms with Gasteiger partial charge in [-0.2, -0.15) is 0 Å². The molecule has 1 unspecified atom stereocenters. The number of carbonyl (C=O) groups is 2. The fourth-order valence-electron chi connectivity index (χ4n) is 3.16. The van der Waals surface area contributed by atoms with Crippen LogP contribution in [0.1, 0.15) is 34.7 Å². The van der Waals surface area contributed by atoms with Gasteiger partial charge in [0.25, 0.3) is 11.8 Å². The Morgan fingerprint density at radius 1 is 1.28 bits per heavy atom. The second kappa shape index (κ2) is 7.09. The van der Waals surface area contributed by atoms with Gasteiger partial charge in [0, 0.05) is 25.8 Å². The molecule has 1 atom stereocenters. The van der Waals surface area contributed by atoms with Crippen LogP contribution < -0.4 is 5.32 Å². The van der Waals surface area contributed by atoms with Crippen LogP contribution in [0.4, 0.5) is 4.39 Å². The molecule has 0 bridgehead atoms. The number of carbonyl (C=O) groups excluding carboxylic acids is 2. The number of benzene rings is 1. The van der Waals surface area contributed by atoms with E-state index in [4.69, 9.17) is 0 Å².